The van der Waals surface area contributed by atoms with E-state index in [0.29, 0.717) is 13.2 Å². The van der Waals surface area contributed by atoms with Crippen molar-refractivity contribution in [1.82, 2.24) is 19.8 Å². The molecule has 46 heavy (non-hydrogen) atoms. The smallest absolute Gasteiger partial charge is 0.857 e. The minimum atomic E-state index is -1.10. The molecule has 0 spiro atoms. The fraction of sp³-hybridized carbons (Fsp3) is 0.520. The number of aromatic nitrogens is 2. The number of hydrogen-bond acceptors (Lipinski definition) is 12. The number of nitrogens with two attached hydrogens (primary N) is 2. The first-order valence-electron chi connectivity index (χ1n) is 13.0. The summed E-state index contributed by atoms with van der Waals surface area (Å²) in [5.41, 5.74) is 10.2. The molecule has 21 heteroatoms. The van der Waals surface area contributed by atoms with Crippen molar-refractivity contribution in [3.05, 3.63) is 32.0 Å². The molecule has 0 aromatic carbocycles. The predicted octanol–water partition coefficient (Wildman–Crippen LogP) is 1.63. The largest absolute Gasteiger partial charge is 1.00 e. The van der Waals surface area contributed by atoms with Gasteiger partial charge in [-0.15, -0.1) is 0 Å². The molecule has 0 aliphatic carbocycles. The Morgan fingerprint density at radius 1 is 0.891 bits per heavy atom. The molecule has 0 amide bonds. The maximum Gasteiger partial charge on any atom is 1.00 e. The van der Waals surface area contributed by atoms with Gasteiger partial charge in [0, 0.05) is 19.0 Å². The van der Waals surface area contributed by atoms with Gasteiger partial charge in [-0.1, -0.05) is 62.3 Å². The fourth-order valence-corrected chi connectivity index (χ4v) is 3.02. The Morgan fingerprint density at radius 2 is 1.28 bits per heavy atom. The number of alkyl halides is 2. The van der Waals surface area contributed by atoms with Gasteiger partial charge in [0.1, 0.15) is 33.1 Å². The van der Waals surface area contributed by atoms with Crippen molar-refractivity contribution >= 4 is 85.6 Å². The Bertz CT molecular complexity index is 1240. The molecule has 0 aliphatic rings. The first kappa shape index (κ1) is 47.5. The summed E-state index contributed by atoms with van der Waals surface area (Å²) in [6.07, 6.45) is -1.02. The van der Waals surface area contributed by atoms with Gasteiger partial charge in [-0.05, 0) is 42.0 Å². The zero-order chi connectivity index (χ0) is 36.3. The molecule has 0 bridgehead atoms. The molecule has 2 aromatic heterocycles. The molecule has 2 rings (SSSR count). The summed E-state index contributed by atoms with van der Waals surface area (Å²) in [4.78, 5) is 32.4. The normalized spacial score (nSPS) is 11.6. The molecule has 2 heterocycles. The molecule has 0 fully saturated rings. The quantitative estimate of drug-likeness (QED) is 0.154. The van der Waals surface area contributed by atoms with Gasteiger partial charge in [0.15, 0.2) is 6.10 Å². The summed E-state index contributed by atoms with van der Waals surface area (Å²) in [7, 11) is 6.56. The van der Waals surface area contributed by atoms with Crippen LogP contribution in [0.3, 0.4) is 0 Å². The van der Waals surface area contributed by atoms with Crippen LogP contribution in [0.25, 0.3) is 0 Å². The van der Waals surface area contributed by atoms with Gasteiger partial charge < -0.3 is 40.6 Å². The monoisotopic (exact) mass is 831 g/mol. The maximum atomic E-state index is 13.4. The Kier molecular flexibility index (Phi) is 27.2. The number of halogens is 8. The van der Waals surface area contributed by atoms with Crippen LogP contribution >= 0.6 is 62.3 Å². The van der Waals surface area contributed by atoms with Crippen LogP contribution < -0.4 is 72.7 Å². The van der Waals surface area contributed by atoms with Crippen LogP contribution in [0.5, 0.6) is 11.8 Å². The molecule has 2 atom stereocenters. The molecular formula is C25H35BrCl4F3KN6O6. The Morgan fingerprint density at radius 3 is 1.70 bits per heavy atom. The molecule has 0 saturated heterocycles. The van der Waals surface area contributed by atoms with Gasteiger partial charge >= 0.3 is 63.3 Å². The summed E-state index contributed by atoms with van der Waals surface area (Å²) >= 11 is 25.1. The van der Waals surface area contributed by atoms with E-state index < -0.39 is 47.0 Å². The minimum absolute atomic E-state index is 0. The molecule has 0 aliphatic heterocycles. The van der Waals surface area contributed by atoms with Crippen LogP contribution in [0.15, 0.2) is 0 Å². The van der Waals surface area contributed by atoms with E-state index in [1.54, 1.807) is 6.92 Å². The molecule has 2 aromatic rings. The maximum absolute atomic E-state index is 13.4. The number of carbonyl (C=O) groups excluding carboxylic acids is 2. The zero-order valence-electron chi connectivity index (χ0n) is 27.1. The van der Waals surface area contributed by atoms with Crippen molar-refractivity contribution < 1.29 is 94.8 Å². The summed E-state index contributed by atoms with van der Waals surface area (Å²) in [6.45, 7) is 5.18. The molecule has 2 unspecified atom stereocenters. The fourth-order valence-electron chi connectivity index (χ4n) is 2.20. The summed E-state index contributed by atoms with van der Waals surface area (Å²) in [5, 5.41) is 9.27. The number of hydrogen-bond donors (Lipinski definition) is 2. The van der Waals surface area contributed by atoms with Gasteiger partial charge in [0.25, 0.3) is 0 Å². The number of rotatable bonds is 10. The van der Waals surface area contributed by atoms with E-state index in [2.05, 4.69) is 25.9 Å². The van der Waals surface area contributed by atoms with Gasteiger partial charge in [-0.2, -0.15) is 13.8 Å². The first-order valence-corrected chi connectivity index (χ1v) is 14.7. The number of likely N-dealkylation sites (N-methyl/N-ethyl adjacent to an activating group) is 2. The standard InChI is InChI=1S/C12H16Cl2FN3O3.C7H14BrNO2.C5H3Cl2FN2O.CH3F.K/c1-6(12(19)20-5-4-18(2)3)21-11-8(14)9(16)7(13)10(15)17-11;1-6(8)7(10)11-5-4-9(2)3;6-1-3(9)2(7)5(11)10-4(1)8;1-2;/h6H,4-5H2,1-3H3,(H2,16,17);6H,4-5H2,1-3H3;(H3,9,10,11);1H3;/q;;;;+1/p-1/i;;;1D;. The van der Waals surface area contributed by atoms with Crippen LogP contribution in [0.4, 0.5) is 24.5 Å². The number of pyridine rings is 2. The van der Waals surface area contributed by atoms with Crippen molar-refractivity contribution in [3.63, 3.8) is 0 Å². The minimum Gasteiger partial charge on any atom is -0.857 e. The second kappa shape index (κ2) is 26.3. The zero-order valence-corrected chi connectivity index (χ0v) is 33.8. The molecule has 12 nitrogen and oxygen atoms in total. The second-order valence-electron chi connectivity index (χ2n) is 8.82. The molecule has 4 N–H and O–H groups in total. The number of esters is 2. The third-order valence-corrected chi connectivity index (χ3v) is 6.42. The predicted molar refractivity (Wildman–Crippen MR) is 171 cm³/mol. The van der Waals surface area contributed by atoms with E-state index in [9.17, 15) is 27.9 Å². The van der Waals surface area contributed by atoms with Crippen LogP contribution in [-0.2, 0) is 19.1 Å². The number of anilines is 2. The van der Waals surface area contributed by atoms with Crippen molar-refractivity contribution in [2.75, 3.05) is 73.1 Å². The van der Waals surface area contributed by atoms with Gasteiger partial charge in [0.2, 0.25) is 17.8 Å². The molecule has 0 saturated carbocycles. The van der Waals surface area contributed by atoms with E-state index in [4.69, 9.17) is 73.5 Å². The van der Waals surface area contributed by atoms with Crippen molar-refractivity contribution in [1.29, 1.82) is 0 Å². The second-order valence-corrected chi connectivity index (χ2v) is 11.7. The van der Waals surface area contributed by atoms with E-state index in [1.165, 1.54) is 6.92 Å². The summed E-state index contributed by atoms with van der Waals surface area (Å²) < 4.78 is 56.4. The van der Waals surface area contributed by atoms with Crippen molar-refractivity contribution in [2.24, 2.45) is 0 Å². The summed E-state index contributed by atoms with van der Waals surface area (Å²) in [5.74, 6) is -4.17. The average Bonchev–Trinajstić information content (AvgIpc) is 2.97. The van der Waals surface area contributed by atoms with Gasteiger partial charge in [0.05, 0.1) is 24.9 Å². The van der Waals surface area contributed by atoms with Crippen LogP contribution in [0.1, 0.15) is 15.2 Å². The Labute approximate surface area is 338 Å². The van der Waals surface area contributed by atoms with E-state index >= 15 is 0 Å². The number of carbonyl (C=O) groups is 2. The number of nitrogens with zero attached hydrogens (tertiary/aromatic N) is 4. The van der Waals surface area contributed by atoms with Crippen molar-refractivity contribution in [3.8, 4) is 11.8 Å². The third kappa shape index (κ3) is 19.4. The van der Waals surface area contributed by atoms with Crippen LogP contribution in [-0.4, -0.2) is 104 Å². The first-order chi connectivity index (χ1) is 21.2. The van der Waals surface area contributed by atoms with Crippen LogP contribution in [0.2, 0.25) is 20.1 Å². The van der Waals surface area contributed by atoms with Crippen molar-refractivity contribution in [2.45, 2.75) is 24.8 Å². The van der Waals surface area contributed by atoms with Gasteiger partial charge in [-0.25, -0.2) is 9.78 Å². The van der Waals surface area contributed by atoms with Crippen LogP contribution in [0, 0.1) is 11.9 Å². The Hall–Kier alpha value is -0.574. The Balaban J connectivity index is -0.000000632. The number of nitrogen functional groups attached to an aromatic ring is 2. The third-order valence-electron chi connectivity index (χ3n) is 4.59. The molecule has 0 radical (unpaired) electrons. The van der Waals surface area contributed by atoms with E-state index in [-0.39, 0.29) is 96.1 Å². The average molecular weight is 834 g/mol. The van der Waals surface area contributed by atoms with E-state index in [0.717, 1.165) is 6.54 Å². The SMILES string of the molecule is CC(Br)C(=O)OCCN(C)C.CC(Oc1nc(F)c(Cl)c(N)c1Cl)C(=O)OCCN(C)C.Nc1c(Cl)c([O-])nc(F)c1Cl.[2H]CF.[K+]. The topological polar surface area (TPSA) is 169 Å². The summed E-state index contributed by atoms with van der Waals surface area (Å²) in [6, 6.07) is 0. The molecule has 258 valence electrons. The molecular weight excluding hydrogens is 798 g/mol. The van der Waals surface area contributed by atoms with E-state index in [1.807, 2.05) is 38.0 Å². The number of ether oxygens (including phenoxy) is 3. The van der Waals surface area contributed by atoms with Gasteiger partial charge in [-0.3, -0.25) is 9.18 Å².